The van der Waals surface area contributed by atoms with Crippen LogP contribution in [0.4, 0.5) is 0 Å². The smallest absolute Gasteiger partial charge is 0.00438 e. The molecule has 1 nitrogen and oxygen atoms in total. The van der Waals surface area contributed by atoms with Crippen LogP contribution in [0.3, 0.4) is 0 Å². The van der Waals surface area contributed by atoms with E-state index in [0.29, 0.717) is 5.41 Å². The Morgan fingerprint density at radius 1 is 0.947 bits per heavy atom. The second kappa shape index (κ2) is 6.56. The zero-order valence-electron chi connectivity index (χ0n) is 13.6. The fourth-order valence-corrected chi connectivity index (χ4v) is 2.37. The predicted molar refractivity (Wildman–Crippen MR) is 85.8 cm³/mol. The molecule has 0 aromatic heterocycles. The highest BCUT2D eigenvalue weighted by Gasteiger charge is 2.19. The van der Waals surface area contributed by atoms with Crippen LogP contribution in [-0.2, 0) is 11.8 Å². The van der Waals surface area contributed by atoms with Crippen molar-refractivity contribution in [2.75, 3.05) is 13.1 Å². The zero-order valence-corrected chi connectivity index (χ0v) is 13.6. The van der Waals surface area contributed by atoms with Gasteiger partial charge in [-0.15, -0.1) is 0 Å². The SMILES string of the molecule is CCNCCC(C)(C)Cc1ccc(C(C)(C)C)cc1. The second-order valence-electron chi connectivity index (χ2n) is 7.39. The summed E-state index contributed by atoms with van der Waals surface area (Å²) < 4.78 is 0. The van der Waals surface area contributed by atoms with Gasteiger partial charge in [0.2, 0.25) is 0 Å². The Kier molecular flexibility index (Phi) is 5.61. The molecular weight excluding hydrogens is 230 g/mol. The lowest BCUT2D eigenvalue weighted by Crippen LogP contribution is -2.24. The van der Waals surface area contributed by atoms with Crippen LogP contribution >= 0.6 is 0 Å². The normalized spacial score (nSPS) is 12.7. The topological polar surface area (TPSA) is 12.0 Å². The molecule has 0 bridgehead atoms. The average molecular weight is 261 g/mol. The van der Waals surface area contributed by atoms with E-state index in [1.54, 1.807) is 0 Å². The fourth-order valence-electron chi connectivity index (χ4n) is 2.37. The number of nitrogens with one attached hydrogen (secondary N) is 1. The summed E-state index contributed by atoms with van der Waals surface area (Å²) in [5.74, 6) is 0. The molecule has 0 saturated carbocycles. The van der Waals surface area contributed by atoms with Gasteiger partial charge in [-0.1, -0.05) is 65.8 Å². The summed E-state index contributed by atoms with van der Waals surface area (Å²) in [6.07, 6.45) is 2.38. The lowest BCUT2D eigenvalue weighted by molar-refractivity contribution is 0.327. The largest absolute Gasteiger partial charge is 0.317 e. The van der Waals surface area contributed by atoms with E-state index >= 15 is 0 Å². The van der Waals surface area contributed by atoms with E-state index in [-0.39, 0.29) is 5.41 Å². The van der Waals surface area contributed by atoms with Gasteiger partial charge in [0.1, 0.15) is 0 Å². The van der Waals surface area contributed by atoms with Crippen molar-refractivity contribution in [3.63, 3.8) is 0 Å². The van der Waals surface area contributed by atoms with Gasteiger partial charge in [-0.2, -0.15) is 0 Å². The van der Waals surface area contributed by atoms with Crippen LogP contribution in [0.25, 0.3) is 0 Å². The summed E-state index contributed by atoms with van der Waals surface area (Å²) in [6, 6.07) is 9.18. The first-order chi connectivity index (χ1) is 8.74. The van der Waals surface area contributed by atoms with Crippen LogP contribution < -0.4 is 5.32 Å². The van der Waals surface area contributed by atoms with Crippen LogP contribution in [0.1, 0.15) is 59.1 Å². The number of hydrogen-bond donors (Lipinski definition) is 1. The van der Waals surface area contributed by atoms with E-state index in [0.717, 1.165) is 19.5 Å². The van der Waals surface area contributed by atoms with E-state index in [2.05, 4.69) is 71.1 Å². The monoisotopic (exact) mass is 261 g/mol. The Morgan fingerprint density at radius 2 is 1.53 bits per heavy atom. The third kappa shape index (κ3) is 5.78. The van der Waals surface area contributed by atoms with Gasteiger partial charge in [0.25, 0.3) is 0 Å². The van der Waals surface area contributed by atoms with Gasteiger partial charge >= 0.3 is 0 Å². The standard InChI is InChI=1S/C18H31N/c1-7-19-13-12-18(5,6)14-15-8-10-16(11-9-15)17(2,3)4/h8-11,19H,7,12-14H2,1-6H3. The minimum Gasteiger partial charge on any atom is -0.317 e. The Morgan fingerprint density at radius 3 is 2.00 bits per heavy atom. The molecule has 108 valence electrons. The van der Waals surface area contributed by atoms with Gasteiger partial charge < -0.3 is 5.32 Å². The van der Waals surface area contributed by atoms with Gasteiger partial charge in [0, 0.05) is 0 Å². The molecule has 1 rings (SSSR count). The highest BCUT2D eigenvalue weighted by Crippen LogP contribution is 2.27. The van der Waals surface area contributed by atoms with Gasteiger partial charge in [-0.05, 0) is 47.9 Å². The molecular formula is C18H31N. The van der Waals surface area contributed by atoms with E-state index < -0.39 is 0 Å². The summed E-state index contributed by atoms with van der Waals surface area (Å²) >= 11 is 0. The molecule has 0 amide bonds. The molecule has 0 fully saturated rings. The maximum Gasteiger partial charge on any atom is -0.00438 e. The van der Waals surface area contributed by atoms with Gasteiger partial charge in [-0.25, -0.2) is 0 Å². The first-order valence-electron chi connectivity index (χ1n) is 7.55. The molecule has 0 radical (unpaired) electrons. The summed E-state index contributed by atoms with van der Waals surface area (Å²) in [7, 11) is 0. The van der Waals surface area contributed by atoms with Gasteiger partial charge in [0.15, 0.2) is 0 Å². The minimum absolute atomic E-state index is 0.249. The molecule has 0 atom stereocenters. The molecule has 0 heterocycles. The lowest BCUT2D eigenvalue weighted by Gasteiger charge is -2.25. The molecule has 0 unspecified atom stereocenters. The molecule has 0 aliphatic heterocycles. The van der Waals surface area contributed by atoms with Crippen molar-refractivity contribution >= 4 is 0 Å². The fraction of sp³-hybridized carbons (Fsp3) is 0.667. The van der Waals surface area contributed by atoms with Crippen molar-refractivity contribution in [1.82, 2.24) is 5.32 Å². The van der Waals surface area contributed by atoms with Gasteiger partial charge in [0.05, 0.1) is 0 Å². The van der Waals surface area contributed by atoms with Crippen molar-refractivity contribution in [3.05, 3.63) is 35.4 Å². The Labute approximate surface area is 119 Å². The molecule has 0 saturated heterocycles. The highest BCUT2D eigenvalue weighted by molar-refractivity contribution is 5.28. The van der Waals surface area contributed by atoms with Crippen LogP contribution in [0.15, 0.2) is 24.3 Å². The van der Waals surface area contributed by atoms with Crippen molar-refractivity contribution in [2.45, 2.75) is 59.8 Å². The van der Waals surface area contributed by atoms with Crippen molar-refractivity contribution < 1.29 is 0 Å². The van der Waals surface area contributed by atoms with Crippen molar-refractivity contribution in [1.29, 1.82) is 0 Å². The third-order valence-corrected chi connectivity index (χ3v) is 3.73. The molecule has 0 spiro atoms. The molecule has 1 aromatic carbocycles. The summed E-state index contributed by atoms with van der Waals surface area (Å²) in [5.41, 5.74) is 3.49. The molecule has 1 heteroatoms. The molecule has 0 aliphatic carbocycles. The molecule has 1 aromatic rings. The van der Waals surface area contributed by atoms with E-state index in [9.17, 15) is 0 Å². The average Bonchev–Trinajstić information content (AvgIpc) is 2.28. The zero-order chi connectivity index (χ0) is 14.5. The molecule has 1 N–H and O–H groups in total. The van der Waals surface area contributed by atoms with Crippen LogP contribution in [-0.4, -0.2) is 13.1 Å². The maximum atomic E-state index is 3.42. The Bertz CT molecular complexity index is 368. The first-order valence-corrected chi connectivity index (χ1v) is 7.55. The predicted octanol–water partition coefficient (Wildman–Crippen LogP) is 4.55. The number of hydrogen-bond acceptors (Lipinski definition) is 1. The lowest BCUT2D eigenvalue weighted by atomic mass is 9.81. The van der Waals surface area contributed by atoms with E-state index in [4.69, 9.17) is 0 Å². The van der Waals surface area contributed by atoms with E-state index in [1.807, 2.05) is 0 Å². The second-order valence-corrected chi connectivity index (χ2v) is 7.39. The number of rotatable bonds is 6. The van der Waals surface area contributed by atoms with Crippen molar-refractivity contribution in [3.8, 4) is 0 Å². The number of benzene rings is 1. The molecule has 19 heavy (non-hydrogen) atoms. The summed E-state index contributed by atoms with van der Waals surface area (Å²) in [6.45, 7) is 15.9. The van der Waals surface area contributed by atoms with Gasteiger partial charge in [-0.3, -0.25) is 0 Å². The van der Waals surface area contributed by atoms with Crippen molar-refractivity contribution in [2.24, 2.45) is 5.41 Å². The summed E-state index contributed by atoms with van der Waals surface area (Å²) in [4.78, 5) is 0. The molecule has 0 aliphatic rings. The van der Waals surface area contributed by atoms with Crippen LogP contribution in [0.2, 0.25) is 0 Å². The van der Waals surface area contributed by atoms with Crippen LogP contribution in [0, 0.1) is 5.41 Å². The summed E-state index contributed by atoms with van der Waals surface area (Å²) in [5, 5.41) is 3.42. The highest BCUT2D eigenvalue weighted by atomic mass is 14.8. The minimum atomic E-state index is 0.249. The Hall–Kier alpha value is -0.820. The Balaban J connectivity index is 2.62. The quantitative estimate of drug-likeness (QED) is 0.741. The third-order valence-electron chi connectivity index (χ3n) is 3.73. The van der Waals surface area contributed by atoms with Crippen LogP contribution in [0.5, 0.6) is 0 Å². The maximum absolute atomic E-state index is 3.42. The van der Waals surface area contributed by atoms with E-state index in [1.165, 1.54) is 17.5 Å². The first kappa shape index (κ1) is 16.2.